The van der Waals surface area contributed by atoms with Gasteiger partial charge in [-0.2, -0.15) is 0 Å². The van der Waals surface area contributed by atoms with E-state index in [2.05, 4.69) is 20.7 Å². The van der Waals surface area contributed by atoms with Gasteiger partial charge in [0.2, 0.25) is 10.0 Å². The number of benzene rings is 1. The average molecular weight is 349 g/mol. The van der Waals surface area contributed by atoms with Crippen LogP contribution >= 0.6 is 15.9 Å². The highest BCUT2D eigenvalue weighted by Gasteiger charge is 2.29. The van der Waals surface area contributed by atoms with Crippen LogP contribution in [0.2, 0.25) is 0 Å². The number of rotatable bonds is 4. The van der Waals surface area contributed by atoms with Crippen molar-refractivity contribution in [2.45, 2.75) is 38.6 Å². The highest BCUT2D eigenvalue weighted by Crippen LogP contribution is 2.24. The van der Waals surface area contributed by atoms with Gasteiger partial charge in [0.15, 0.2) is 0 Å². The number of halogens is 1. The molecule has 0 amide bonds. The van der Waals surface area contributed by atoms with E-state index in [0.717, 1.165) is 4.47 Å². The molecule has 1 unspecified atom stereocenters. The zero-order chi connectivity index (χ0) is 14.8. The van der Waals surface area contributed by atoms with Crippen LogP contribution in [0.15, 0.2) is 27.6 Å². The van der Waals surface area contributed by atoms with Crippen molar-refractivity contribution >= 4 is 26.0 Å². The zero-order valence-electron chi connectivity index (χ0n) is 11.7. The third-order valence-electron chi connectivity index (χ3n) is 3.02. The molecule has 0 fully saturated rings. The molecule has 1 aromatic carbocycles. The fourth-order valence-electron chi connectivity index (χ4n) is 1.69. The van der Waals surface area contributed by atoms with Crippen molar-refractivity contribution in [1.29, 1.82) is 0 Å². The number of aryl methyl sites for hydroxylation is 1. The number of nitrogens with one attached hydrogen (secondary N) is 1. The minimum atomic E-state index is -3.57. The summed E-state index contributed by atoms with van der Waals surface area (Å²) in [5.74, 6) is 0. The molecule has 0 heterocycles. The topological polar surface area (TPSA) is 72.2 Å². The maximum atomic E-state index is 12.4. The van der Waals surface area contributed by atoms with Crippen molar-refractivity contribution in [2.24, 2.45) is 11.1 Å². The Morgan fingerprint density at radius 2 is 1.95 bits per heavy atom. The van der Waals surface area contributed by atoms with Crippen molar-refractivity contribution in [1.82, 2.24) is 4.72 Å². The summed E-state index contributed by atoms with van der Waals surface area (Å²) in [5, 5.41) is 0. The Kier molecular flexibility index (Phi) is 5.17. The van der Waals surface area contributed by atoms with Gasteiger partial charge in [-0.3, -0.25) is 0 Å². The van der Waals surface area contributed by atoms with Crippen LogP contribution < -0.4 is 10.5 Å². The Labute approximate surface area is 124 Å². The molecule has 6 heteroatoms. The van der Waals surface area contributed by atoms with Crippen LogP contribution in [0, 0.1) is 12.3 Å². The molecule has 0 bridgehead atoms. The van der Waals surface area contributed by atoms with E-state index in [1.165, 1.54) is 0 Å². The lowest BCUT2D eigenvalue weighted by Gasteiger charge is -2.30. The van der Waals surface area contributed by atoms with Gasteiger partial charge in [0.1, 0.15) is 0 Å². The third kappa shape index (κ3) is 4.27. The summed E-state index contributed by atoms with van der Waals surface area (Å²) in [4.78, 5) is 0.282. The Morgan fingerprint density at radius 1 is 1.37 bits per heavy atom. The van der Waals surface area contributed by atoms with Crippen molar-refractivity contribution < 1.29 is 8.42 Å². The number of nitrogens with two attached hydrogens (primary N) is 1. The van der Waals surface area contributed by atoms with E-state index in [0.29, 0.717) is 5.56 Å². The quantitative estimate of drug-likeness (QED) is 0.877. The second-order valence-electron chi connectivity index (χ2n) is 5.69. The van der Waals surface area contributed by atoms with E-state index in [-0.39, 0.29) is 22.9 Å². The fourth-order valence-corrected chi connectivity index (χ4v) is 3.93. The molecule has 0 aliphatic rings. The highest BCUT2D eigenvalue weighted by atomic mass is 79.9. The molecule has 0 spiro atoms. The van der Waals surface area contributed by atoms with Gasteiger partial charge in [0.05, 0.1) is 4.90 Å². The molecule has 1 aromatic rings. The number of hydrogen-bond acceptors (Lipinski definition) is 3. The van der Waals surface area contributed by atoms with Gasteiger partial charge >= 0.3 is 0 Å². The summed E-state index contributed by atoms with van der Waals surface area (Å²) in [6, 6.07) is 4.88. The predicted molar refractivity (Wildman–Crippen MR) is 81.5 cm³/mol. The summed E-state index contributed by atoms with van der Waals surface area (Å²) in [7, 11) is -3.57. The van der Waals surface area contributed by atoms with E-state index >= 15 is 0 Å². The molecule has 3 N–H and O–H groups in total. The molecule has 1 rings (SSSR count). The molecule has 0 saturated heterocycles. The maximum absolute atomic E-state index is 12.4. The standard InChI is InChI=1S/C13H21BrN2O2S/c1-9-5-6-10(14)7-11(9)19(17,18)16-12(8-15)13(2,3)4/h5-7,12,16H,8,15H2,1-4H3. The first kappa shape index (κ1) is 16.6. The van der Waals surface area contributed by atoms with Crippen LogP contribution in [0.3, 0.4) is 0 Å². The van der Waals surface area contributed by atoms with Gasteiger partial charge in [0.25, 0.3) is 0 Å². The van der Waals surface area contributed by atoms with Crippen molar-refractivity contribution in [2.75, 3.05) is 6.54 Å². The predicted octanol–water partition coefficient (Wildman–Crippen LogP) is 2.41. The highest BCUT2D eigenvalue weighted by molar-refractivity contribution is 9.10. The monoisotopic (exact) mass is 348 g/mol. The van der Waals surface area contributed by atoms with E-state index in [1.807, 2.05) is 26.8 Å². The molecule has 19 heavy (non-hydrogen) atoms. The minimum Gasteiger partial charge on any atom is -0.329 e. The van der Waals surface area contributed by atoms with Crippen LogP contribution in [0.4, 0.5) is 0 Å². The third-order valence-corrected chi connectivity index (χ3v) is 5.13. The Bertz CT molecular complexity index is 550. The lowest BCUT2D eigenvalue weighted by atomic mass is 9.88. The second kappa shape index (κ2) is 5.91. The lowest BCUT2D eigenvalue weighted by Crippen LogP contribution is -2.48. The summed E-state index contributed by atoms with van der Waals surface area (Å²) >= 11 is 3.29. The zero-order valence-corrected chi connectivity index (χ0v) is 14.1. The van der Waals surface area contributed by atoms with Crippen LogP contribution in [0.1, 0.15) is 26.3 Å². The van der Waals surface area contributed by atoms with Crippen LogP contribution in [0.25, 0.3) is 0 Å². The second-order valence-corrected chi connectivity index (χ2v) is 8.28. The Hall–Kier alpha value is -0.430. The van der Waals surface area contributed by atoms with Crippen LogP contribution in [-0.2, 0) is 10.0 Å². The summed E-state index contributed by atoms with van der Waals surface area (Å²) in [5.41, 5.74) is 6.15. The first-order valence-corrected chi connectivity index (χ1v) is 8.34. The molecule has 108 valence electrons. The summed E-state index contributed by atoms with van der Waals surface area (Å²) in [6.45, 7) is 7.91. The van der Waals surface area contributed by atoms with Crippen molar-refractivity contribution in [3.63, 3.8) is 0 Å². The molecule has 1 atom stereocenters. The number of sulfonamides is 1. The SMILES string of the molecule is Cc1ccc(Br)cc1S(=O)(=O)NC(CN)C(C)(C)C. The molecule has 4 nitrogen and oxygen atoms in total. The molecule has 0 radical (unpaired) electrons. The fraction of sp³-hybridized carbons (Fsp3) is 0.538. The minimum absolute atomic E-state index is 0.234. The van der Waals surface area contributed by atoms with E-state index in [1.54, 1.807) is 19.1 Å². The molecule has 0 saturated carbocycles. The molecular formula is C13H21BrN2O2S. The molecule has 0 aliphatic carbocycles. The molecule has 0 aromatic heterocycles. The molecule has 0 aliphatic heterocycles. The first-order valence-electron chi connectivity index (χ1n) is 6.06. The van der Waals surface area contributed by atoms with Gasteiger partial charge in [-0.25, -0.2) is 13.1 Å². The smallest absolute Gasteiger partial charge is 0.241 e. The van der Waals surface area contributed by atoms with E-state index < -0.39 is 10.0 Å². The lowest BCUT2D eigenvalue weighted by molar-refractivity contribution is 0.304. The van der Waals surface area contributed by atoms with Crippen LogP contribution in [0.5, 0.6) is 0 Å². The van der Waals surface area contributed by atoms with Gasteiger partial charge in [0, 0.05) is 17.1 Å². The van der Waals surface area contributed by atoms with Crippen molar-refractivity contribution in [3.8, 4) is 0 Å². The summed E-state index contributed by atoms with van der Waals surface area (Å²) in [6.07, 6.45) is 0. The Balaban J connectivity index is 3.14. The van der Waals surface area contributed by atoms with E-state index in [9.17, 15) is 8.42 Å². The number of hydrogen-bond donors (Lipinski definition) is 2. The van der Waals surface area contributed by atoms with Crippen molar-refractivity contribution in [3.05, 3.63) is 28.2 Å². The maximum Gasteiger partial charge on any atom is 0.241 e. The van der Waals surface area contributed by atoms with E-state index in [4.69, 9.17) is 5.73 Å². The summed E-state index contributed by atoms with van der Waals surface area (Å²) < 4.78 is 28.3. The largest absolute Gasteiger partial charge is 0.329 e. The average Bonchev–Trinajstić information content (AvgIpc) is 2.27. The van der Waals surface area contributed by atoms with Gasteiger partial charge in [-0.05, 0) is 30.0 Å². The first-order chi connectivity index (χ1) is 8.58. The van der Waals surface area contributed by atoms with Gasteiger partial charge in [-0.1, -0.05) is 42.8 Å². The Morgan fingerprint density at radius 3 is 2.42 bits per heavy atom. The van der Waals surface area contributed by atoms with Gasteiger partial charge < -0.3 is 5.73 Å². The normalized spacial score (nSPS) is 14.4. The van der Waals surface area contributed by atoms with Crippen LogP contribution in [-0.4, -0.2) is 21.0 Å². The van der Waals surface area contributed by atoms with Gasteiger partial charge in [-0.15, -0.1) is 0 Å². The molecular weight excluding hydrogens is 328 g/mol.